The summed E-state index contributed by atoms with van der Waals surface area (Å²) in [6.45, 7) is 2.22. The van der Waals surface area contributed by atoms with E-state index in [-0.39, 0.29) is 0 Å². The van der Waals surface area contributed by atoms with Crippen LogP contribution in [0.25, 0.3) is 9.40 Å². The molecule has 1 atom stereocenters. The Balaban J connectivity index is 1.81. The van der Waals surface area contributed by atoms with E-state index in [0.717, 1.165) is 12.8 Å². The Morgan fingerprint density at radius 2 is 1.95 bits per heavy atom. The van der Waals surface area contributed by atoms with E-state index in [1.54, 1.807) is 0 Å². The monoisotopic (exact) mass is 307 g/mol. The van der Waals surface area contributed by atoms with E-state index in [0.29, 0.717) is 6.04 Å². The first kappa shape index (κ1) is 13.3. The molecule has 0 amide bonds. The Morgan fingerprint density at radius 1 is 1.11 bits per heavy atom. The lowest BCUT2D eigenvalue weighted by Gasteiger charge is -2.13. The molecule has 3 heterocycles. The van der Waals surface area contributed by atoms with Gasteiger partial charge in [0, 0.05) is 36.5 Å². The number of likely N-dealkylation sites (N-methyl/N-ethyl adjacent to an activating group) is 1. The number of rotatable bonds is 5. The van der Waals surface area contributed by atoms with Gasteiger partial charge in [0.15, 0.2) is 0 Å². The van der Waals surface area contributed by atoms with Gasteiger partial charge in [-0.15, -0.1) is 34.0 Å². The topological polar surface area (TPSA) is 12.0 Å². The first-order valence-corrected chi connectivity index (χ1v) is 9.03. The van der Waals surface area contributed by atoms with Crippen LogP contribution in [0, 0.1) is 0 Å². The van der Waals surface area contributed by atoms with E-state index in [1.165, 1.54) is 24.0 Å². The van der Waals surface area contributed by atoms with E-state index in [2.05, 4.69) is 48.9 Å². The lowest BCUT2D eigenvalue weighted by Crippen LogP contribution is -2.17. The van der Waals surface area contributed by atoms with Crippen molar-refractivity contribution in [1.29, 1.82) is 0 Å². The van der Waals surface area contributed by atoms with E-state index in [9.17, 15) is 0 Å². The van der Waals surface area contributed by atoms with Crippen LogP contribution in [0.1, 0.15) is 27.6 Å². The zero-order valence-electron chi connectivity index (χ0n) is 11.1. The fourth-order valence-electron chi connectivity index (χ4n) is 2.22. The van der Waals surface area contributed by atoms with Crippen LogP contribution >= 0.6 is 34.0 Å². The quantitative estimate of drug-likeness (QED) is 0.692. The average Bonchev–Trinajstić information content (AvgIpc) is 3.10. The van der Waals surface area contributed by atoms with Crippen LogP contribution < -0.4 is 5.32 Å². The highest BCUT2D eigenvalue weighted by Crippen LogP contribution is 2.35. The van der Waals surface area contributed by atoms with Crippen LogP contribution in [0.15, 0.2) is 29.6 Å². The van der Waals surface area contributed by atoms with Crippen molar-refractivity contribution in [2.24, 2.45) is 0 Å². The number of aryl methyl sites for hydroxylation is 1. The lowest BCUT2D eigenvalue weighted by atomic mass is 10.1. The highest BCUT2D eigenvalue weighted by molar-refractivity contribution is 7.27. The fraction of sp³-hybridized carbons (Fsp3) is 0.333. The Kier molecular flexibility index (Phi) is 4.03. The minimum absolute atomic E-state index is 0.438. The Labute approximate surface area is 125 Å². The molecule has 3 rings (SSSR count). The molecule has 0 bridgehead atoms. The van der Waals surface area contributed by atoms with Gasteiger partial charge in [0.25, 0.3) is 0 Å². The molecular formula is C15H17NS3. The zero-order valence-corrected chi connectivity index (χ0v) is 13.6. The van der Waals surface area contributed by atoms with Crippen molar-refractivity contribution in [2.75, 3.05) is 7.05 Å². The third kappa shape index (κ3) is 2.77. The summed E-state index contributed by atoms with van der Waals surface area (Å²) in [5.41, 5.74) is 0. The molecule has 0 aliphatic rings. The third-order valence-electron chi connectivity index (χ3n) is 3.32. The summed E-state index contributed by atoms with van der Waals surface area (Å²) in [5.74, 6) is 0. The minimum atomic E-state index is 0.438. The van der Waals surface area contributed by atoms with Gasteiger partial charge < -0.3 is 5.32 Å². The molecule has 0 aliphatic carbocycles. The molecule has 100 valence electrons. The van der Waals surface area contributed by atoms with Crippen LogP contribution in [0.5, 0.6) is 0 Å². The van der Waals surface area contributed by atoms with Crippen LogP contribution in [0.3, 0.4) is 0 Å². The Morgan fingerprint density at radius 3 is 2.63 bits per heavy atom. The average molecular weight is 308 g/mol. The summed E-state index contributed by atoms with van der Waals surface area (Å²) >= 11 is 5.70. The second-order valence-corrected chi connectivity index (χ2v) is 7.88. The van der Waals surface area contributed by atoms with E-state index in [4.69, 9.17) is 0 Å². The Hall–Kier alpha value is -0.680. The number of hydrogen-bond acceptors (Lipinski definition) is 4. The van der Waals surface area contributed by atoms with Gasteiger partial charge in [0.1, 0.15) is 0 Å². The SMILES string of the molecule is CCc1ccc(CC(NC)c2cc3sccc3s2)s1. The molecule has 0 spiro atoms. The lowest BCUT2D eigenvalue weighted by molar-refractivity contribution is 0.607. The molecule has 0 aromatic carbocycles. The van der Waals surface area contributed by atoms with Gasteiger partial charge in [0.05, 0.1) is 0 Å². The standard InChI is InChI=1S/C15H17NS3/c1-3-10-4-5-11(18-10)8-12(16-2)14-9-15-13(19-14)6-7-17-15/h4-7,9,12,16H,3,8H2,1-2H3. The molecule has 1 N–H and O–H groups in total. The van der Waals surface area contributed by atoms with Gasteiger partial charge in [-0.05, 0) is 43.1 Å². The van der Waals surface area contributed by atoms with Gasteiger partial charge in [-0.25, -0.2) is 0 Å². The molecule has 3 aromatic heterocycles. The maximum atomic E-state index is 3.47. The molecular weight excluding hydrogens is 290 g/mol. The third-order valence-corrected chi connectivity index (χ3v) is 6.78. The van der Waals surface area contributed by atoms with Crippen molar-refractivity contribution in [3.8, 4) is 0 Å². The summed E-state index contributed by atoms with van der Waals surface area (Å²) < 4.78 is 2.83. The molecule has 0 saturated heterocycles. The first-order valence-electron chi connectivity index (χ1n) is 6.52. The summed E-state index contributed by atoms with van der Waals surface area (Å²) in [6.07, 6.45) is 2.23. The number of nitrogens with one attached hydrogen (secondary N) is 1. The van der Waals surface area contributed by atoms with Crippen LogP contribution in [0.4, 0.5) is 0 Å². The number of thiophene rings is 3. The fourth-order valence-corrected chi connectivity index (χ4v) is 5.46. The summed E-state index contributed by atoms with van der Waals surface area (Å²) in [5, 5.41) is 5.64. The van der Waals surface area contributed by atoms with E-state index in [1.807, 2.05) is 34.0 Å². The summed E-state index contributed by atoms with van der Waals surface area (Å²) in [6, 6.07) is 9.55. The first-order chi connectivity index (χ1) is 9.30. The Bertz CT molecular complexity index is 633. The predicted octanol–water partition coefficient (Wildman–Crippen LogP) is 5.09. The zero-order chi connectivity index (χ0) is 13.2. The molecule has 1 nitrogen and oxygen atoms in total. The smallest absolute Gasteiger partial charge is 0.0461 e. The molecule has 0 fully saturated rings. The van der Waals surface area contributed by atoms with Gasteiger partial charge in [-0.3, -0.25) is 0 Å². The predicted molar refractivity (Wildman–Crippen MR) is 88.9 cm³/mol. The number of fused-ring (bicyclic) bond motifs is 1. The van der Waals surface area contributed by atoms with Gasteiger partial charge in [0.2, 0.25) is 0 Å². The molecule has 4 heteroatoms. The van der Waals surface area contributed by atoms with E-state index >= 15 is 0 Å². The maximum absolute atomic E-state index is 3.47. The second kappa shape index (κ2) is 5.75. The normalized spacial score (nSPS) is 13.2. The van der Waals surface area contributed by atoms with E-state index < -0.39 is 0 Å². The van der Waals surface area contributed by atoms with Crippen molar-refractivity contribution in [3.63, 3.8) is 0 Å². The van der Waals surface area contributed by atoms with Gasteiger partial charge in [-0.1, -0.05) is 6.92 Å². The molecule has 19 heavy (non-hydrogen) atoms. The largest absolute Gasteiger partial charge is 0.312 e. The van der Waals surface area contributed by atoms with Gasteiger partial charge in [-0.2, -0.15) is 0 Å². The van der Waals surface area contributed by atoms with Crippen molar-refractivity contribution >= 4 is 43.4 Å². The second-order valence-electron chi connectivity index (χ2n) is 4.56. The summed E-state index contributed by atoms with van der Waals surface area (Å²) in [4.78, 5) is 4.42. The molecule has 3 aromatic rings. The molecule has 0 aliphatic heterocycles. The van der Waals surface area contributed by atoms with Crippen molar-refractivity contribution < 1.29 is 0 Å². The molecule has 1 unspecified atom stereocenters. The molecule has 0 saturated carbocycles. The van der Waals surface area contributed by atoms with Crippen LogP contribution in [-0.4, -0.2) is 7.05 Å². The van der Waals surface area contributed by atoms with Crippen molar-refractivity contribution in [1.82, 2.24) is 5.32 Å². The van der Waals surface area contributed by atoms with Crippen LogP contribution in [-0.2, 0) is 12.8 Å². The molecule has 0 radical (unpaired) electrons. The van der Waals surface area contributed by atoms with Crippen molar-refractivity contribution in [3.05, 3.63) is 44.3 Å². The number of hydrogen-bond donors (Lipinski definition) is 1. The van der Waals surface area contributed by atoms with Crippen LogP contribution in [0.2, 0.25) is 0 Å². The van der Waals surface area contributed by atoms with Crippen molar-refractivity contribution in [2.45, 2.75) is 25.8 Å². The van der Waals surface area contributed by atoms with Gasteiger partial charge >= 0.3 is 0 Å². The summed E-state index contributed by atoms with van der Waals surface area (Å²) in [7, 11) is 2.06. The highest BCUT2D eigenvalue weighted by atomic mass is 32.1. The maximum Gasteiger partial charge on any atom is 0.0461 e. The highest BCUT2D eigenvalue weighted by Gasteiger charge is 2.15. The minimum Gasteiger partial charge on any atom is -0.312 e.